The molecule has 0 amide bonds. The first-order valence-electron chi connectivity index (χ1n) is 8.00. The molecule has 6 nitrogen and oxygen atoms in total. The molecule has 0 unspecified atom stereocenters. The van der Waals surface area contributed by atoms with Crippen LogP contribution in [0.3, 0.4) is 0 Å². The van der Waals surface area contributed by atoms with E-state index in [0.717, 1.165) is 17.1 Å². The van der Waals surface area contributed by atoms with Crippen LogP contribution in [-0.2, 0) is 5.41 Å². The summed E-state index contributed by atoms with van der Waals surface area (Å²) in [4.78, 5) is 29.1. The second-order valence-corrected chi connectivity index (χ2v) is 7.08. The maximum Gasteiger partial charge on any atom is 0.193 e. The molecule has 6 heteroatoms. The summed E-state index contributed by atoms with van der Waals surface area (Å²) in [6.45, 7) is 10.1. The summed E-state index contributed by atoms with van der Waals surface area (Å²) in [5.41, 5.74) is 4.06. The summed E-state index contributed by atoms with van der Waals surface area (Å²) in [5, 5.41) is 9.44. The molecule has 0 radical (unpaired) electrons. The number of hydrogen-bond acceptors (Lipinski definition) is 5. The Morgan fingerprint density at radius 3 is 2.52 bits per heavy atom. The van der Waals surface area contributed by atoms with Crippen molar-refractivity contribution >= 4 is 10.9 Å². The highest BCUT2D eigenvalue weighted by Gasteiger charge is 2.21. The molecule has 0 bridgehead atoms. The largest absolute Gasteiger partial charge is 0.353 e. The van der Waals surface area contributed by atoms with Crippen LogP contribution in [0.15, 0.2) is 23.1 Å². The number of H-pyrrole nitrogens is 1. The average Bonchev–Trinajstić information content (AvgIpc) is 2.54. The Kier molecular flexibility index (Phi) is 3.88. The normalized spacial score (nSPS) is 11.5. The van der Waals surface area contributed by atoms with Gasteiger partial charge in [-0.2, -0.15) is 5.26 Å². The van der Waals surface area contributed by atoms with Crippen LogP contribution in [0.25, 0.3) is 22.3 Å². The molecule has 3 aromatic rings. The molecule has 0 saturated heterocycles. The first kappa shape index (κ1) is 16.8. The van der Waals surface area contributed by atoms with Crippen LogP contribution in [0.2, 0.25) is 0 Å². The van der Waals surface area contributed by atoms with Gasteiger partial charge in [0.25, 0.3) is 0 Å². The molecule has 0 aliphatic carbocycles. The highest BCUT2D eigenvalue weighted by Crippen LogP contribution is 2.27. The monoisotopic (exact) mass is 333 g/mol. The van der Waals surface area contributed by atoms with Gasteiger partial charge in [0.2, 0.25) is 0 Å². The van der Waals surface area contributed by atoms with Crippen LogP contribution in [0.4, 0.5) is 0 Å². The van der Waals surface area contributed by atoms with Crippen LogP contribution in [0.5, 0.6) is 0 Å². The van der Waals surface area contributed by atoms with Crippen LogP contribution in [0.1, 0.15) is 43.5 Å². The minimum atomic E-state index is -0.257. The Hall–Kier alpha value is -3.07. The number of fused-ring (bicyclic) bond motifs is 1. The molecule has 1 N–H and O–H groups in total. The fourth-order valence-electron chi connectivity index (χ4n) is 2.98. The molecule has 3 rings (SSSR count). The number of aryl methyl sites for hydroxylation is 2. The van der Waals surface area contributed by atoms with Gasteiger partial charge in [-0.25, -0.2) is 9.97 Å². The summed E-state index contributed by atoms with van der Waals surface area (Å²) < 4.78 is 0. The number of aromatic amines is 1. The lowest BCUT2D eigenvalue weighted by Gasteiger charge is -2.21. The van der Waals surface area contributed by atoms with Gasteiger partial charge >= 0.3 is 0 Å². The van der Waals surface area contributed by atoms with Crippen molar-refractivity contribution in [2.45, 2.75) is 40.0 Å². The maximum absolute atomic E-state index is 12.5. The molecule has 0 saturated carbocycles. The van der Waals surface area contributed by atoms with Crippen molar-refractivity contribution in [3.05, 3.63) is 51.3 Å². The van der Waals surface area contributed by atoms with E-state index in [1.807, 2.05) is 19.9 Å². The molecule has 0 spiro atoms. The molecule has 3 aromatic heterocycles. The zero-order chi connectivity index (χ0) is 18.4. The number of hydrogen-bond donors (Lipinski definition) is 1. The van der Waals surface area contributed by atoms with Crippen LogP contribution in [-0.4, -0.2) is 19.9 Å². The number of nitrogens with zero attached hydrogens (tertiary/aromatic N) is 4. The van der Waals surface area contributed by atoms with Crippen molar-refractivity contribution in [3.8, 4) is 17.5 Å². The second kappa shape index (κ2) is 5.78. The summed E-state index contributed by atoms with van der Waals surface area (Å²) in [7, 11) is 0. The topological polar surface area (TPSA) is 95.3 Å². The van der Waals surface area contributed by atoms with E-state index in [4.69, 9.17) is 10.2 Å². The van der Waals surface area contributed by atoms with Gasteiger partial charge in [0, 0.05) is 17.7 Å². The minimum absolute atomic E-state index is 0.107. The lowest BCUT2D eigenvalue weighted by Crippen LogP contribution is -2.18. The van der Waals surface area contributed by atoms with Gasteiger partial charge in [-0.3, -0.25) is 9.78 Å². The Labute approximate surface area is 145 Å². The zero-order valence-electron chi connectivity index (χ0n) is 14.9. The Bertz CT molecular complexity index is 1080. The van der Waals surface area contributed by atoms with Gasteiger partial charge < -0.3 is 4.98 Å². The fraction of sp³-hybridized carbons (Fsp3) is 0.316. The highest BCUT2D eigenvalue weighted by molar-refractivity contribution is 5.84. The first-order valence-corrected chi connectivity index (χ1v) is 8.00. The standard InChI is InChI=1S/C19H19N5O/c1-10-17(22-11(2)18(23-10)19(3,4)5)13-8-15(25)16-12(24-13)6-7-21-14(16)9-20/h6-8H,1-5H3,(H,24,25). The van der Waals surface area contributed by atoms with E-state index in [9.17, 15) is 4.79 Å². The molecule has 3 heterocycles. The van der Waals surface area contributed by atoms with Gasteiger partial charge in [0.1, 0.15) is 11.8 Å². The molecular formula is C19H19N5O. The third kappa shape index (κ3) is 2.89. The zero-order valence-corrected chi connectivity index (χ0v) is 14.9. The highest BCUT2D eigenvalue weighted by atomic mass is 16.1. The Morgan fingerprint density at radius 2 is 1.88 bits per heavy atom. The van der Waals surface area contributed by atoms with Gasteiger partial charge in [0.05, 0.1) is 33.7 Å². The first-order chi connectivity index (χ1) is 11.7. The predicted octanol–water partition coefficient (Wildman–Crippen LogP) is 3.17. The van der Waals surface area contributed by atoms with Gasteiger partial charge in [0.15, 0.2) is 11.1 Å². The van der Waals surface area contributed by atoms with Gasteiger partial charge in [-0.1, -0.05) is 20.8 Å². The Morgan fingerprint density at radius 1 is 1.16 bits per heavy atom. The van der Waals surface area contributed by atoms with E-state index in [0.29, 0.717) is 22.3 Å². The predicted molar refractivity (Wildman–Crippen MR) is 96.3 cm³/mol. The van der Waals surface area contributed by atoms with Gasteiger partial charge in [-0.05, 0) is 19.9 Å². The number of aromatic nitrogens is 4. The van der Waals surface area contributed by atoms with Crippen molar-refractivity contribution in [2.75, 3.05) is 0 Å². The van der Waals surface area contributed by atoms with E-state index in [1.165, 1.54) is 12.3 Å². The van der Waals surface area contributed by atoms with E-state index in [-0.39, 0.29) is 16.5 Å². The quantitative estimate of drug-likeness (QED) is 0.738. The number of nitriles is 1. The smallest absolute Gasteiger partial charge is 0.193 e. The Balaban J connectivity index is 2.27. The number of rotatable bonds is 1. The van der Waals surface area contributed by atoms with E-state index in [1.54, 1.807) is 6.07 Å². The third-order valence-electron chi connectivity index (χ3n) is 4.06. The molecule has 0 atom stereocenters. The van der Waals surface area contributed by atoms with Crippen molar-refractivity contribution in [3.63, 3.8) is 0 Å². The van der Waals surface area contributed by atoms with Crippen molar-refractivity contribution in [1.82, 2.24) is 19.9 Å². The lowest BCUT2D eigenvalue weighted by atomic mass is 9.90. The summed E-state index contributed by atoms with van der Waals surface area (Å²) >= 11 is 0. The maximum atomic E-state index is 12.5. The number of nitrogens with one attached hydrogen (secondary N) is 1. The van der Waals surface area contributed by atoms with Crippen LogP contribution in [0, 0.1) is 25.2 Å². The van der Waals surface area contributed by atoms with E-state index in [2.05, 4.69) is 35.7 Å². The third-order valence-corrected chi connectivity index (χ3v) is 4.06. The molecular weight excluding hydrogens is 314 g/mol. The minimum Gasteiger partial charge on any atom is -0.353 e. The lowest BCUT2D eigenvalue weighted by molar-refractivity contribution is 0.558. The molecule has 0 aromatic carbocycles. The number of pyridine rings is 2. The molecule has 25 heavy (non-hydrogen) atoms. The van der Waals surface area contributed by atoms with E-state index >= 15 is 0 Å². The van der Waals surface area contributed by atoms with Crippen LogP contribution < -0.4 is 5.43 Å². The molecule has 126 valence electrons. The van der Waals surface area contributed by atoms with Crippen LogP contribution >= 0.6 is 0 Å². The SMILES string of the molecule is Cc1nc(C(C)(C)C)c(C)nc1-c1cc(=O)c2c(C#N)nccc2[nH]1. The molecule has 0 aliphatic rings. The van der Waals surface area contributed by atoms with Crippen molar-refractivity contribution < 1.29 is 0 Å². The summed E-state index contributed by atoms with van der Waals surface area (Å²) in [5.74, 6) is 0. The molecule has 0 aliphatic heterocycles. The summed E-state index contributed by atoms with van der Waals surface area (Å²) in [6.07, 6.45) is 1.51. The van der Waals surface area contributed by atoms with Gasteiger partial charge in [-0.15, -0.1) is 0 Å². The fourth-order valence-corrected chi connectivity index (χ4v) is 2.98. The average molecular weight is 333 g/mol. The van der Waals surface area contributed by atoms with Crippen molar-refractivity contribution in [1.29, 1.82) is 5.26 Å². The summed E-state index contributed by atoms with van der Waals surface area (Å²) in [6, 6.07) is 5.09. The van der Waals surface area contributed by atoms with E-state index < -0.39 is 0 Å². The van der Waals surface area contributed by atoms with Crippen molar-refractivity contribution in [2.24, 2.45) is 0 Å². The second-order valence-electron chi connectivity index (χ2n) is 7.08. The molecule has 0 fully saturated rings.